The Morgan fingerprint density at radius 2 is 1.93 bits per heavy atom. The van der Waals surface area contributed by atoms with Crippen LogP contribution in [0.1, 0.15) is 44.0 Å². The predicted molar refractivity (Wildman–Crippen MR) is 149 cm³/mol. The Balaban J connectivity index is 1.43. The SMILES string of the molecule is C=N/C(=N\N(Cc1ccc(C(F)(F)F)cc1Cl)N1CCN(C(=O)c2ncnc(C)c2O)CC1)c1cccc2c1COC2. The Hall–Kier alpha value is -4.07. The van der Waals surface area contributed by atoms with Crippen molar-refractivity contribution in [1.82, 2.24) is 25.0 Å². The van der Waals surface area contributed by atoms with Crippen molar-refractivity contribution in [1.29, 1.82) is 0 Å². The summed E-state index contributed by atoms with van der Waals surface area (Å²) in [7, 11) is 0. The number of hydrogen-bond acceptors (Lipinski definition) is 8. The van der Waals surface area contributed by atoms with E-state index >= 15 is 0 Å². The van der Waals surface area contributed by atoms with E-state index in [9.17, 15) is 23.1 Å². The highest BCUT2D eigenvalue weighted by Crippen LogP contribution is 2.33. The van der Waals surface area contributed by atoms with Crippen LogP contribution in [0.3, 0.4) is 0 Å². The van der Waals surface area contributed by atoms with Crippen molar-refractivity contribution in [2.75, 3.05) is 26.2 Å². The standard InChI is InChI=1S/C28H27ClF3N7O3/c1-17-25(40)24(35-16-34-17)27(41)37-8-10-38(11-9-37)39(13-18-6-7-20(12-23(18)29)28(30,31)32)36-26(33-2)21-5-3-4-19-14-42-15-22(19)21/h3-7,12,16,40H,2,8-11,13-15H2,1H3/b36-26-. The van der Waals surface area contributed by atoms with Crippen molar-refractivity contribution >= 4 is 30.1 Å². The number of ether oxygens (including phenoxy) is 1. The second kappa shape index (κ2) is 12.0. The minimum atomic E-state index is -4.53. The molecule has 10 nitrogen and oxygen atoms in total. The van der Waals surface area contributed by atoms with E-state index in [-0.39, 0.29) is 36.1 Å². The third-order valence-electron chi connectivity index (χ3n) is 7.15. The largest absolute Gasteiger partial charge is 0.504 e. The van der Waals surface area contributed by atoms with E-state index in [1.165, 1.54) is 12.4 Å². The molecule has 14 heteroatoms. The van der Waals surface area contributed by atoms with Crippen molar-refractivity contribution in [3.8, 4) is 5.75 Å². The maximum absolute atomic E-state index is 13.3. The van der Waals surface area contributed by atoms with Gasteiger partial charge >= 0.3 is 6.18 Å². The fourth-order valence-corrected chi connectivity index (χ4v) is 5.04. The molecule has 0 radical (unpaired) electrons. The first-order valence-corrected chi connectivity index (χ1v) is 13.4. The molecule has 0 saturated carbocycles. The van der Waals surface area contributed by atoms with Crippen LogP contribution < -0.4 is 0 Å². The van der Waals surface area contributed by atoms with Gasteiger partial charge in [0.25, 0.3) is 5.91 Å². The normalized spacial score (nSPS) is 15.9. The van der Waals surface area contributed by atoms with Gasteiger partial charge in [-0.25, -0.2) is 25.1 Å². The van der Waals surface area contributed by atoms with Crippen LogP contribution in [0, 0.1) is 6.92 Å². The van der Waals surface area contributed by atoms with Crippen LogP contribution in [0.5, 0.6) is 5.75 Å². The topological polar surface area (TPSA) is 107 Å². The number of amidine groups is 1. The average Bonchev–Trinajstić information content (AvgIpc) is 3.46. The quantitative estimate of drug-likeness (QED) is 0.253. The van der Waals surface area contributed by atoms with Gasteiger partial charge in [-0.15, -0.1) is 5.10 Å². The Kier molecular flexibility index (Phi) is 8.43. The number of carbonyl (C=O) groups is 1. The van der Waals surface area contributed by atoms with Gasteiger partial charge in [0.2, 0.25) is 0 Å². The van der Waals surface area contributed by atoms with Crippen LogP contribution in [0.4, 0.5) is 13.2 Å². The van der Waals surface area contributed by atoms with Crippen molar-refractivity contribution in [3.05, 3.63) is 87.0 Å². The molecule has 1 aromatic heterocycles. The number of halogens is 4. The molecule has 0 bridgehead atoms. The maximum atomic E-state index is 13.3. The van der Waals surface area contributed by atoms with Crippen LogP contribution in [-0.4, -0.2) is 74.7 Å². The number of benzene rings is 2. The number of aromatic nitrogens is 2. The van der Waals surface area contributed by atoms with E-state index in [0.717, 1.165) is 28.8 Å². The predicted octanol–water partition coefficient (Wildman–Crippen LogP) is 4.43. The molecule has 5 rings (SSSR count). The van der Waals surface area contributed by atoms with Gasteiger partial charge in [-0.2, -0.15) is 13.2 Å². The van der Waals surface area contributed by atoms with Gasteiger partial charge in [-0.05, 0) is 42.5 Å². The Bertz CT molecular complexity index is 1540. The third kappa shape index (κ3) is 6.08. The van der Waals surface area contributed by atoms with Gasteiger partial charge in [0.1, 0.15) is 6.33 Å². The summed E-state index contributed by atoms with van der Waals surface area (Å²) >= 11 is 6.31. The van der Waals surface area contributed by atoms with E-state index in [0.29, 0.717) is 43.4 Å². The van der Waals surface area contributed by atoms with Crippen molar-refractivity contribution in [3.63, 3.8) is 0 Å². The Morgan fingerprint density at radius 1 is 1.17 bits per heavy atom. The number of rotatable bonds is 6. The van der Waals surface area contributed by atoms with Gasteiger partial charge in [-0.3, -0.25) is 4.79 Å². The van der Waals surface area contributed by atoms with Gasteiger partial charge in [0, 0.05) is 36.8 Å². The molecule has 2 aliphatic rings. The average molecular weight is 602 g/mol. The third-order valence-corrected chi connectivity index (χ3v) is 7.50. The summed E-state index contributed by atoms with van der Waals surface area (Å²) in [6.07, 6.45) is -3.31. The van der Waals surface area contributed by atoms with Crippen LogP contribution >= 0.6 is 11.6 Å². The Labute approximate surface area is 244 Å². The highest BCUT2D eigenvalue weighted by molar-refractivity contribution is 6.31. The number of alkyl halides is 3. The lowest BCUT2D eigenvalue weighted by Gasteiger charge is -2.39. The number of hydrazine groups is 1. The lowest BCUT2D eigenvalue weighted by Crippen LogP contribution is -2.53. The lowest BCUT2D eigenvalue weighted by molar-refractivity contribution is -0.137. The molecule has 1 N–H and O–H groups in total. The molecule has 3 aromatic rings. The summed E-state index contributed by atoms with van der Waals surface area (Å²) in [6.45, 7) is 7.33. The van der Waals surface area contributed by atoms with Crippen LogP contribution in [0.2, 0.25) is 5.02 Å². The molecule has 0 aliphatic carbocycles. The monoisotopic (exact) mass is 601 g/mol. The van der Waals surface area contributed by atoms with Gasteiger partial charge in [0.15, 0.2) is 17.3 Å². The van der Waals surface area contributed by atoms with E-state index in [4.69, 9.17) is 21.4 Å². The molecule has 2 aromatic carbocycles. The highest BCUT2D eigenvalue weighted by atomic mass is 35.5. The molecule has 3 heterocycles. The molecule has 1 amide bonds. The molecule has 0 unspecified atom stereocenters. The van der Waals surface area contributed by atoms with E-state index < -0.39 is 17.6 Å². The van der Waals surface area contributed by atoms with Crippen LogP contribution in [-0.2, 0) is 30.7 Å². The second-order valence-electron chi connectivity index (χ2n) is 9.75. The minimum absolute atomic E-state index is 0.0291. The van der Waals surface area contributed by atoms with E-state index in [1.807, 2.05) is 23.2 Å². The van der Waals surface area contributed by atoms with Crippen LogP contribution in [0.15, 0.2) is 52.8 Å². The van der Waals surface area contributed by atoms with Crippen molar-refractivity contribution in [2.45, 2.75) is 32.9 Å². The number of nitrogens with zero attached hydrogens (tertiary/aromatic N) is 7. The summed E-state index contributed by atoms with van der Waals surface area (Å²) in [5.41, 5.74) is 2.45. The number of carbonyl (C=O) groups excluding carboxylic acids is 1. The molecule has 0 spiro atoms. The number of amides is 1. The first-order valence-electron chi connectivity index (χ1n) is 13.0. The number of aliphatic imine (C=N–C) groups is 1. The zero-order chi connectivity index (χ0) is 30.0. The molecule has 1 saturated heterocycles. The zero-order valence-corrected chi connectivity index (χ0v) is 23.4. The molecular formula is C28H27ClF3N7O3. The van der Waals surface area contributed by atoms with Gasteiger partial charge in [-0.1, -0.05) is 35.9 Å². The minimum Gasteiger partial charge on any atom is -0.504 e. The number of hydrazone groups is 1. The molecule has 0 atom stereocenters. The summed E-state index contributed by atoms with van der Waals surface area (Å²) in [5.74, 6) is -0.402. The smallest absolute Gasteiger partial charge is 0.416 e. The molecule has 1 fully saturated rings. The molecular weight excluding hydrogens is 575 g/mol. The summed E-state index contributed by atoms with van der Waals surface area (Å²) in [4.78, 5) is 26.7. The number of aromatic hydroxyl groups is 1. The lowest BCUT2D eigenvalue weighted by atomic mass is 10.0. The maximum Gasteiger partial charge on any atom is 0.416 e. The molecule has 42 heavy (non-hydrogen) atoms. The molecule has 220 valence electrons. The van der Waals surface area contributed by atoms with E-state index in [2.05, 4.69) is 21.7 Å². The highest BCUT2D eigenvalue weighted by Gasteiger charge is 2.32. The summed E-state index contributed by atoms with van der Waals surface area (Å²) in [5, 5.41) is 18.4. The number of aryl methyl sites for hydroxylation is 1. The van der Waals surface area contributed by atoms with Crippen molar-refractivity contribution in [2.24, 2.45) is 10.1 Å². The van der Waals surface area contributed by atoms with Crippen molar-refractivity contribution < 1.29 is 27.8 Å². The van der Waals surface area contributed by atoms with Gasteiger partial charge < -0.3 is 14.7 Å². The second-order valence-corrected chi connectivity index (χ2v) is 10.2. The van der Waals surface area contributed by atoms with Crippen LogP contribution in [0.25, 0.3) is 0 Å². The van der Waals surface area contributed by atoms with Gasteiger partial charge in [0.05, 0.1) is 31.0 Å². The fourth-order valence-electron chi connectivity index (χ4n) is 4.80. The number of hydrogen-bond donors (Lipinski definition) is 1. The zero-order valence-electron chi connectivity index (χ0n) is 22.6. The first kappa shape index (κ1) is 29.4. The Morgan fingerprint density at radius 3 is 2.62 bits per heavy atom. The number of piperazine rings is 1. The van der Waals surface area contributed by atoms with E-state index in [1.54, 1.807) is 16.9 Å². The fraction of sp³-hybridized carbons (Fsp3) is 0.321. The summed E-state index contributed by atoms with van der Waals surface area (Å²) < 4.78 is 45.4. The first-order chi connectivity index (χ1) is 20.1. The summed E-state index contributed by atoms with van der Waals surface area (Å²) in [6, 6.07) is 8.87. The number of fused-ring (bicyclic) bond motifs is 1. The molecule has 2 aliphatic heterocycles.